The van der Waals surface area contributed by atoms with Gasteiger partial charge in [0.05, 0.1) is 0 Å². The molecular weight excluding hydrogens is 452 g/mol. The number of piperazine rings is 1. The number of carbonyl (C=O) groups is 3. The monoisotopic (exact) mass is 488 g/mol. The lowest BCUT2D eigenvalue weighted by Crippen LogP contribution is -2.54. The van der Waals surface area contributed by atoms with E-state index in [-0.39, 0.29) is 36.1 Å². The molecule has 0 spiro atoms. The number of carbonyl (C=O) groups excluding carboxylic acids is 3. The number of amides is 3. The van der Waals surface area contributed by atoms with E-state index in [1.807, 2.05) is 13.0 Å². The van der Waals surface area contributed by atoms with Crippen molar-refractivity contribution in [3.05, 3.63) is 28.3 Å². The van der Waals surface area contributed by atoms with E-state index in [2.05, 4.69) is 22.0 Å². The van der Waals surface area contributed by atoms with Crippen LogP contribution in [0.1, 0.15) is 56.6 Å². The highest BCUT2D eigenvalue weighted by Gasteiger charge is 2.33. The van der Waals surface area contributed by atoms with Gasteiger partial charge < -0.3 is 15.1 Å². The van der Waals surface area contributed by atoms with E-state index >= 15 is 0 Å². The Hall–Kier alpha value is -2.12. The van der Waals surface area contributed by atoms with Crippen LogP contribution in [0.4, 0.5) is 5.69 Å². The van der Waals surface area contributed by atoms with Gasteiger partial charge in [0.1, 0.15) is 0 Å². The first kappa shape index (κ1) is 25.0. The molecule has 8 heteroatoms. The fourth-order valence-electron chi connectivity index (χ4n) is 5.69. The first-order chi connectivity index (χ1) is 16.2. The number of rotatable bonds is 6. The van der Waals surface area contributed by atoms with Gasteiger partial charge in [0.15, 0.2) is 0 Å². The number of hydrogen-bond donors (Lipinski definition) is 1. The second-order valence-corrected chi connectivity index (χ2v) is 10.8. The summed E-state index contributed by atoms with van der Waals surface area (Å²) in [7, 11) is 1.78. The first-order valence-corrected chi connectivity index (χ1v) is 13.0. The van der Waals surface area contributed by atoms with E-state index in [9.17, 15) is 14.4 Å². The molecule has 7 nitrogen and oxygen atoms in total. The molecule has 1 aliphatic carbocycles. The minimum absolute atomic E-state index is 0.0401. The summed E-state index contributed by atoms with van der Waals surface area (Å²) in [6.45, 7) is 7.96. The van der Waals surface area contributed by atoms with Gasteiger partial charge in [-0.15, -0.1) is 0 Å². The Labute approximate surface area is 207 Å². The molecule has 1 aromatic rings. The van der Waals surface area contributed by atoms with Crippen LogP contribution in [0, 0.1) is 18.8 Å². The zero-order valence-corrected chi connectivity index (χ0v) is 21.4. The number of nitrogens with one attached hydrogen (secondary N) is 1. The second-order valence-electron chi connectivity index (χ2n) is 10.3. The smallest absolute Gasteiger partial charge is 0.226 e. The molecule has 2 heterocycles. The quantitative estimate of drug-likeness (QED) is 0.663. The molecular formula is C26H37ClN4O3. The SMILES string of the molecule is Cc1c(CN2CCN(C(=O)C3CCCC3)C(C)C2)cc(Cl)cc1NC(=O)CC1CCN(C)C1=O. The minimum atomic E-state index is -0.242. The number of benzene rings is 1. The van der Waals surface area contributed by atoms with Crippen molar-refractivity contribution in [2.45, 2.75) is 65.0 Å². The normalized spacial score (nSPS) is 24.2. The Balaban J connectivity index is 1.37. The first-order valence-electron chi connectivity index (χ1n) is 12.6. The van der Waals surface area contributed by atoms with E-state index in [0.717, 1.165) is 56.6 Å². The summed E-state index contributed by atoms with van der Waals surface area (Å²) in [6, 6.07) is 3.92. The lowest BCUT2D eigenvalue weighted by Gasteiger charge is -2.41. The predicted molar refractivity (Wildman–Crippen MR) is 134 cm³/mol. The third-order valence-corrected chi connectivity index (χ3v) is 8.04. The van der Waals surface area contributed by atoms with Crippen molar-refractivity contribution in [1.82, 2.24) is 14.7 Å². The maximum absolute atomic E-state index is 12.9. The Morgan fingerprint density at radius 1 is 1.12 bits per heavy atom. The van der Waals surface area contributed by atoms with Gasteiger partial charge >= 0.3 is 0 Å². The molecule has 2 atom stereocenters. The Morgan fingerprint density at radius 3 is 2.50 bits per heavy atom. The Kier molecular flexibility index (Phi) is 7.83. The highest BCUT2D eigenvalue weighted by Crippen LogP contribution is 2.30. The summed E-state index contributed by atoms with van der Waals surface area (Å²) < 4.78 is 0. The van der Waals surface area contributed by atoms with Gasteiger partial charge in [-0.3, -0.25) is 19.3 Å². The molecule has 3 amide bonds. The van der Waals surface area contributed by atoms with Crippen LogP contribution < -0.4 is 5.32 Å². The fraction of sp³-hybridized carbons (Fsp3) is 0.654. The molecule has 3 aliphatic rings. The van der Waals surface area contributed by atoms with E-state index in [1.165, 1.54) is 12.8 Å². The standard InChI is InChI=1S/C26H37ClN4O3/c1-17-15-30(10-11-31(17)26(34)19-6-4-5-7-19)16-21-12-22(27)14-23(18(21)2)28-24(32)13-20-8-9-29(3)25(20)33/h12,14,17,19-20H,4-11,13,15-16H2,1-3H3,(H,28,32). The molecule has 0 bridgehead atoms. The molecule has 0 radical (unpaired) electrons. The van der Waals surface area contributed by atoms with E-state index in [0.29, 0.717) is 23.2 Å². The van der Waals surface area contributed by atoms with Crippen molar-refractivity contribution in [3.63, 3.8) is 0 Å². The van der Waals surface area contributed by atoms with Crippen LogP contribution in [0.25, 0.3) is 0 Å². The Bertz CT molecular complexity index is 946. The maximum Gasteiger partial charge on any atom is 0.226 e. The average Bonchev–Trinajstić information content (AvgIpc) is 3.43. The average molecular weight is 489 g/mol. The van der Waals surface area contributed by atoms with Gasteiger partial charge in [-0.05, 0) is 56.4 Å². The predicted octanol–water partition coefficient (Wildman–Crippen LogP) is 3.68. The van der Waals surface area contributed by atoms with Gasteiger partial charge in [0, 0.05) is 74.8 Å². The van der Waals surface area contributed by atoms with E-state index in [1.54, 1.807) is 18.0 Å². The molecule has 4 rings (SSSR count). The van der Waals surface area contributed by atoms with Crippen molar-refractivity contribution >= 4 is 35.0 Å². The summed E-state index contributed by atoms with van der Waals surface area (Å²) in [5, 5.41) is 3.57. The van der Waals surface area contributed by atoms with Crippen LogP contribution in [-0.2, 0) is 20.9 Å². The van der Waals surface area contributed by atoms with Gasteiger partial charge in [-0.1, -0.05) is 24.4 Å². The topological polar surface area (TPSA) is 73.0 Å². The van der Waals surface area contributed by atoms with E-state index in [4.69, 9.17) is 11.6 Å². The zero-order valence-electron chi connectivity index (χ0n) is 20.6. The molecule has 3 fully saturated rings. The van der Waals surface area contributed by atoms with Crippen LogP contribution in [0.2, 0.25) is 5.02 Å². The number of nitrogens with zero attached hydrogens (tertiary/aromatic N) is 3. The molecule has 1 N–H and O–H groups in total. The molecule has 2 unspecified atom stereocenters. The number of halogens is 1. The maximum atomic E-state index is 12.9. The van der Waals surface area contributed by atoms with Crippen LogP contribution in [-0.4, -0.2) is 71.7 Å². The van der Waals surface area contributed by atoms with Gasteiger partial charge in [-0.25, -0.2) is 0 Å². The van der Waals surface area contributed by atoms with Gasteiger partial charge in [-0.2, -0.15) is 0 Å². The zero-order chi connectivity index (χ0) is 24.4. The molecule has 1 saturated carbocycles. The molecule has 1 aromatic carbocycles. The van der Waals surface area contributed by atoms with Crippen molar-refractivity contribution < 1.29 is 14.4 Å². The van der Waals surface area contributed by atoms with Crippen LogP contribution in [0.5, 0.6) is 0 Å². The number of anilines is 1. The number of hydrogen-bond acceptors (Lipinski definition) is 4. The summed E-state index contributed by atoms with van der Waals surface area (Å²) >= 11 is 6.42. The van der Waals surface area contributed by atoms with Crippen molar-refractivity contribution in [3.8, 4) is 0 Å². The summed E-state index contributed by atoms with van der Waals surface area (Å²) in [4.78, 5) is 43.8. The fourth-order valence-corrected chi connectivity index (χ4v) is 5.93. The van der Waals surface area contributed by atoms with Crippen molar-refractivity contribution in [2.24, 2.45) is 11.8 Å². The molecule has 0 aromatic heterocycles. The lowest BCUT2D eigenvalue weighted by atomic mass is 10.0. The van der Waals surface area contributed by atoms with Gasteiger partial charge in [0.25, 0.3) is 0 Å². The summed E-state index contributed by atoms with van der Waals surface area (Å²) in [6.07, 6.45) is 5.33. The van der Waals surface area contributed by atoms with Crippen molar-refractivity contribution in [2.75, 3.05) is 38.5 Å². The summed E-state index contributed by atoms with van der Waals surface area (Å²) in [5.74, 6) is 0.195. The van der Waals surface area contributed by atoms with E-state index < -0.39 is 0 Å². The molecule has 2 saturated heterocycles. The molecule has 186 valence electrons. The largest absolute Gasteiger partial charge is 0.345 e. The van der Waals surface area contributed by atoms with Crippen LogP contribution in [0.15, 0.2) is 12.1 Å². The van der Waals surface area contributed by atoms with Crippen LogP contribution >= 0.6 is 11.6 Å². The van der Waals surface area contributed by atoms with Crippen molar-refractivity contribution in [1.29, 1.82) is 0 Å². The number of likely N-dealkylation sites (tertiary alicyclic amines) is 1. The Morgan fingerprint density at radius 2 is 1.85 bits per heavy atom. The van der Waals surface area contributed by atoms with Gasteiger partial charge in [0.2, 0.25) is 17.7 Å². The third-order valence-electron chi connectivity index (χ3n) is 7.82. The lowest BCUT2D eigenvalue weighted by molar-refractivity contribution is -0.140. The summed E-state index contributed by atoms with van der Waals surface area (Å²) in [5.41, 5.74) is 2.77. The highest BCUT2D eigenvalue weighted by molar-refractivity contribution is 6.31. The minimum Gasteiger partial charge on any atom is -0.345 e. The molecule has 2 aliphatic heterocycles. The highest BCUT2D eigenvalue weighted by atomic mass is 35.5. The van der Waals surface area contributed by atoms with Crippen LogP contribution in [0.3, 0.4) is 0 Å². The molecule has 34 heavy (non-hydrogen) atoms. The third kappa shape index (κ3) is 5.57. The second kappa shape index (κ2) is 10.6.